The van der Waals surface area contributed by atoms with Crippen LogP contribution in [0.1, 0.15) is 44.6 Å². The van der Waals surface area contributed by atoms with Crippen LogP contribution in [-0.2, 0) is 6.54 Å². The van der Waals surface area contributed by atoms with E-state index in [4.69, 9.17) is 0 Å². The summed E-state index contributed by atoms with van der Waals surface area (Å²) in [6.07, 6.45) is 6.16. The second-order valence-corrected chi connectivity index (χ2v) is 5.98. The molecular weight excluding hydrogens is 251 g/mol. The maximum atomic E-state index is 13.7. The molecule has 2 atom stereocenters. The van der Waals surface area contributed by atoms with E-state index in [0.717, 1.165) is 12.1 Å². The summed E-state index contributed by atoms with van der Waals surface area (Å²) >= 11 is 0. The molecule has 2 unspecified atom stereocenters. The lowest BCUT2D eigenvalue weighted by Gasteiger charge is -2.36. The van der Waals surface area contributed by atoms with E-state index >= 15 is 0 Å². The predicted octanol–water partition coefficient (Wildman–Crippen LogP) is 3.57. The van der Waals surface area contributed by atoms with Gasteiger partial charge in [-0.3, -0.25) is 4.90 Å². The van der Waals surface area contributed by atoms with E-state index in [1.165, 1.54) is 32.1 Å². The molecule has 1 aromatic rings. The van der Waals surface area contributed by atoms with Crippen LogP contribution in [0.25, 0.3) is 0 Å². The molecule has 20 heavy (non-hydrogen) atoms. The molecule has 1 N–H and O–H groups in total. The number of nitrogens with one attached hydrogen (secondary N) is 1. The Bertz CT molecular complexity index is 408. The first-order valence-electron chi connectivity index (χ1n) is 7.87. The first kappa shape index (κ1) is 15.5. The minimum Gasteiger partial charge on any atom is -0.314 e. The first-order valence-corrected chi connectivity index (χ1v) is 7.87. The highest BCUT2D eigenvalue weighted by molar-refractivity contribution is 5.17. The Labute approximate surface area is 122 Å². The van der Waals surface area contributed by atoms with Crippen LogP contribution in [0.2, 0.25) is 0 Å². The minimum atomic E-state index is -0.0872. The largest absolute Gasteiger partial charge is 0.314 e. The van der Waals surface area contributed by atoms with Crippen molar-refractivity contribution in [3.8, 4) is 0 Å². The van der Waals surface area contributed by atoms with Crippen LogP contribution in [-0.4, -0.2) is 30.6 Å². The van der Waals surface area contributed by atoms with E-state index in [9.17, 15) is 4.39 Å². The van der Waals surface area contributed by atoms with Crippen LogP contribution in [0, 0.1) is 5.82 Å². The highest BCUT2D eigenvalue weighted by atomic mass is 19.1. The highest BCUT2D eigenvalue weighted by Gasteiger charge is 2.24. The molecule has 1 aromatic carbocycles. The fourth-order valence-corrected chi connectivity index (χ4v) is 3.12. The van der Waals surface area contributed by atoms with Crippen molar-refractivity contribution in [3.05, 3.63) is 35.6 Å². The second-order valence-electron chi connectivity index (χ2n) is 5.98. The van der Waals surface area contributed by atoms with Gasteiger partial charge >= 0.3 is 0 Å². The molecule has 1 aliphatic rings. The summed E-state index contributed by atoms with van der Waals surface area (Å²) in [4.78, 5) is 2.32. The van der Waals surface area contributed by atoms with E-state index in [0.29, 0.717) is 18.6 Å². The molecule has 0 saturated heterocycles. The third-order valence-corrected chi connectivity index (χ3v) is 4.33. The van der Waals surface area contributed by atoms with Gasteiger partial charge in [-0.1, -0.05) is 31.5 Å². The number of halogens is 1. The lowest BCUT2D eigenvalue weighted by atomic mass is 9.90. The molecule has 0 aliphatic heterocycles. The van der Waals surface area contributed by atoms with Gasteiger partial charge in [-0.25, -0.2) is 4.39 Å². The normalized spacial score (nSPS) is 23.2. The van der Waals surface area contributed by atoms with Gasteiger partial charge in [0.15, 0.2) is 0 Å². The van der Waals surface area contributed by atoms with Crippen LogP contribution in [0.5, 0.6) is 0 Å². The van der Waals surface area contributed by atoms with Gasteiger partial charge in [0.1, 0.15) is 5.82 Å². The summed E-state index contributed by atoms with van der Waals surface area (Å²) in [5.41, 5.74) is 0.804. The topological polar surface area (TPSA) is 15.3 Å². The standard InChI is InChI=1S/C17H27FN2/c1-3-11-19-15-8-6-9-16(12-15)20(2)13-14-7-4-5-10-17(14)18/h4-5,7,10,15-16,19H,3,6,8-9,11-13H2,1-2H3. The van der Waals surface area contributed by atoms with Crippen LogP contribution < -0.4 is 5.32 Å². The average molecular weight is 278 g/mol. The van der Waals surface area contributed by atoms with Crippen LogP contribution in [0.4, 0.5) is 4.39 Å². The smallest absolute Gasteiger partial charge is 0.127 e. The van der Waals surface area contributed by atoms with Crippen LogP contribution in [0.3, 0.4) is 0 Å². The van der Waals surface area contributed by atoms with E-state index < -0.39 is 0 Å². The highest BCUT2D eigenvalue weighted by Crippen LogP contribution is 2.24. The van der Waals surface area contributed by atoms with Crippen molar-refractivity contribution in [1.29, 1.82) is 0 Å². The predicted molar refractivity (Wildman–Crippen MR) is 82.2 cm³/mol. The second kappa shape index (κ2) is 7.75. The summed E-state index contributed by atoms with van der Waals surface area (Å²) in [5.74, 6) is -0.0872. The summed E-state index contributed by atoms with van der Waals surface area (Å²) in [6, 6.07) is 8.31. The molecule has 0 heterocycles. The summed E-state index contributed by atoms with van der Waals surface area (Å²) in [5, 5.41) is 3.63. The molecule has 112 valence electrons. The molecule has 3 heteroatoms. The summed E-state index contributed by atoms with van der Waals surface area (Å²) < 4.78 is 13.7. The van der Waals surface area contributed by atoms with Gasteiger partial charge in [0.05, 0.1) is 0 Å². The molecule has 2 nitrogen and oxygen atoms in total. The van der Waals surface area contributed by atoms with Crippen molar-refractivity contribution in [1.82, 2.24) is 10.2 Å². The average Bonchev–Trinajstić information content (AvgIpc) is 2.48. The van der Waals surface area contributed by atoms with Crippen LogP contribution in [0.15, 0.2) is 24.3 Å². The van der Waals surface area contributed by atoms with Gasteiger partial charge in [0.25, 0.3) is 0 Å². The maximum Gasteiger partial charge on any atom is 0.127 e. The molecule has 1 saturated carbocycles. The monoisotopic (exact) mass is 278 g/mol. The fourth-order valence-electron chi connectivity index (χ4n) is 3.12. The lowest BCUT2D eigenvalue weighted by Crippen LogP contribution is -2.42. The Morgan fingerprint density at radius 3 is 2.85 bits per heavy atom. The fraction of sp³-hybridized carbons (Fsp3) is 0.647. The molecule has 0 radical (unpaired) electrons. The van der Waals surface area contributed by atoms with E-state index in [1.54, 1.807) is 12.1 Å². The number of hydrogen-bond donors (Lipinski definition) is 1. The first-order chi connectivity index (χ1) is 9.70. The summed E-state index contributed by atoms with van der Waals surface area (Å²) in [6.45, 7) is 4.02. The van der Waals surface area contributed by atoms with Gasteiger partial charge in [-0.05, 0) is 45.3 Å². The van der Waals surface area contributed by atoms with Gasteiger partial charge in [-0.15, -0.1) is 0 Å². The Balaban J connectivity index is 1.88. The molecule has 0 amide bonds. The number of rotatable bonds is 6. The SMILES string of the molecule is CCCNC1CCCC(N(C)Cc2ccccc2F)C1. The lowest BCUT2D eigenvalue weighted by molar-refractivity contribution is 0.161. The number of hydrogen-bond acceptors (Lipinski definition) is 2. The Kier molecular flexibility index (Phi) is 5.99. The van der Waals surface area contributed by atoms with Crippen molar-refractivity contribution in [2.24, 2.45) is 0 Å². The quantitative estimate of drug-likeness (QED) is 0.856. The molecule has 0 spiro atoms. The van der Waals surface area contributed by atoms with Crippen LogP contribution >= 0.6 is 0 Å². The molecule has 1 fully saturated rings. The number of benzene rings is 1. The third kappa shape index (κ3) is 4.29. The third-order valence-electron chi connectivity index (χ3n) is 4.33. The summed E-state index contributed by atoms with van der Waals surface area (Å²) in [7, 11) is 2.12. The Morgan fingerprint density at radius 1 is 1.30 bits per heavy atom. The van der Waals surface area contributed by atoms with Gasteiger partial charge in [0, 0.05) is 24.2 Å². The molecule has 0 bridgehead atoms. The van der Waals surface area contributed by atoms with Crippen molar-refractivity contribution in [2.45, 2.75) is 57.7 Å². The molecular formula is C17H27FN2. The van der Waals surface area contributed by atoms with E-state index in [-0.39, 0.29) is 5.82 Å². The molecule has 2 rings (SSSR count). The Hall–Kier alpha value is -0.930. The maximum absolute atomic E-state index is 13.7. The Morgan fingerprint density at radius 2 is 2.10 bits per heavy atom. The zero-order valence-electron chi connectivity index (χ0n) is 12.7. The zero-order valence-corrected chi connectivity index (χ0v) is 12.7. The number of nitrogens with zero attached hydrogens (tertiary/aromatic N) is 1. The van der Waals surface area contributed by atoms with Gasteiger partial charge < -0.3 is 5.32 Å². The van der Waals surface area contributed by atoms with Crippen molar-refractivity contribution in [3.63, 3.8) is 0 Å². The van der Waals surface area contributed by atoms with E-state index in [1.807, 2.05) is 12.1 Å². The van der Waals surface area contributed by atoms with Crippen molar-refractivity contribution in [2.75, 3.05) is 13.6 Å². The minimum absolute atomic E-state index is 0.0872. The zero-order chi connectivity index (χ0) is 14.4. The molecule has 1 aliphatic carbocycles. The van der Waals surface area contributed by atoms with Gasteiger partial charge in [-0.2, -0.15) is 0 Å². The van der Waals surface area contributed by atoms with Gasteiger partial charge in [0.2, 0.25) is 0 Å². The van der Waals surface area contributed by atoms with E-state index in [2.05, 4.69) is 24.2 Å². The molecule has 0 aromatic heterocycles. The van der Waals surface area contributed by atoms with Crippen molar-refractivity contribution >= 4 is 0 Å². The van der Waals surface area contributed by atoms with Crippen molar-refractivity contribution < 1.29 is 4.39 Å².